The molecule has 1 aliphatic rings. The van der Waals surface area contributed by atoms with E-state index in [1.807, 2.05) is 0 Å². The van der Waals surface area contributed by atoms with Crippen LogP contribution in [0.1, 0.15) is 0 Å². The predicted octanol–water partition coefficient (Wildman–Crippen LogP) is -1.51. The molecule has 0 spiro atoms. The summed E-state index contributed by atoms with van der Waals surface area (Å²) in [6.45, 7) is 1.11. The van der Waals surface area contributed by atoms with Crippen LogP contribution in [0.4, 0.5) is 0 Å². The quantitative estimate of drug-likeness (QED) is 0.389. The molecule has 0 aliphatic carbocycles. The molecule has 1 atom stereocenters. The van der Waals surface area contributed by atoms with Gasteiger partial charge in [0.1, 0.15) is 0 Å². The molecule has 40 valence electrons. The molecule has 1 aliphatic heterocycles. The summed E-state index contributed by atoms with van der Waals surface area (Å²) in [6, 6.07) is -0.236. The Morgan fingerprint density at radius 1 is 1.86 bits per heavy atom. The van der Waals surface area contributed by atoms with E-state index in [-0.39, 0.29) is 11.8 Å². The van der Waals surface area contributed by atoms with Gasteiger partial charge in [-0.15, -0.1) is 0 Å². The Hall–Kier alpha value is -0.410. The average Bonchev–Trinajstić information content (AvgIpc) is 1.91. The average molecular weight is 100 g/mol. The summed E-state index contributed by atoms with van der Waals surface area (Å²) in [4.78, 5) is 10.4. The highest BCUT2D eigenvalue weighted by Crippen LogP contribution is 1.85. The lowest BCUT2D eigenvalue weighted by atomic mass is 10.3. The molecule has 7 heavy (non-hydrogen) atoms. The fourth-order valence-corrected chi connectivity index (χ4v) is 0.596. The first kappa shape index (κ1) is 4.74. The maximum Gasteiger partial charge on any atom is 0.164 e. The van der Waals surface area contributed by atoms with Crippen LogP contribution in [0.3, 0.4) is 0 Å². The summed E-state index contributed by atoms with van der Waals surface area (Å²) in [5.74, 6) is 0.125. The van der Waals surface area contributed by atoms with Gasteiger partial charge in [-0.3, -0.25) is 4.79 Å². The van der Waals surface area contributed by atoms with Gasteiger partial charge in [-0.2, -0.15) is 0 Å². The van der Waals surface area contributed by atoms with E-state index in [0.29, 0.717) is 13.1 Å². The summed E-state index contributed by atoms with van der Waals surface area (Å²) in [5.41, 5.74) is 5.27. The number of Topliss-reactive ketones (excluding diaryl/α,β-unsaturated/α-hetero) is 1. The minimum atomic E-state index is -0.236. The van der Waals surface area contributed by atoms with Crippen molar-refractivity contribution in [3.8, 4) is 0 Å². The first-order valence-electron chi connectivity index (χ1n) is 2.30. The zero-order valence-electron chi connectivity index (χ0n) is 3.98. The van der Waals surface area contributed by atoms with Crippen molar-refractivity contribution in [2.45, 2.75) is 6.04 Å². The number of hydrogen-bond donors (Lipinski definition) is 2. The fourth-order valence-electron chi connectivity index (χ4n) is 0.596. The van der Waals surface area contributed by atoms with E-state index in [9.17, 15) is 4.79 Å². The van der Waals surface area contributed by atoms with Crippen LogP contribution in [0.15, 0.2) is 0 Å². The SMILES string of the molecule is N[C@@H]1CNCC1=O. The minimum Gasteiger partial charge on any atom is -0.320 e. The van der Waals surface area contributed by atoms with Crippen molar-refractivity contribution in [1.29, 1.82) is 0 Å². The number of hydrogen-bond acceptors (Lipinski definition) is 3. The molecule has 0 aromatic rings. The lowest BCUT2D eigenvalue weighted by Crippen LogP contribution is -2.28. The van der Waals surface area contributed by atoms with E-state index in [1.165, 1.54) is 0 Å². The van der Waals surface area contributed by atoms with Gasteiger partial charge in [0.05, 0.1) is 12.6 Å². The molecule has 0 aromatic heterocycles. The van der Waals surface area contributed by atoms with Gasteiger partial charge in [0.2, 0.25) is 0 Å². The van der Waals surface area contributed by atoms with E-state index in [4.69, 9.17) is 5.73 Å². The third kappa shape index (κ3) is 0.783. The molecule has 1 rings (SSSR count). The van der Waals surface area contributed by atoms with E-state index < -0.39 is 0 Å². The summed E-state index contributed by atoms with van der Waals surface area (Å²) < 4.78 is 0. The molecule has 0 saturated carbocycles. The van der Waals surface area contributed by atoms with E-state index in [0.717, 1.165) is 0 Å². The van der Waals surface area contributed by atoms with Crippen molar-refractivity contribution < 1.29 is 4.79 Å². The first-order chi connectivity index (χ1) is 3.30. The number of carbonyl (C=O) groups is 1. The highest BCUT2D eigenvalue weighted by atomic mass is 16.1. The Bertz CT molecular complexity index is 91.7. The summed E-state index contributed by atoms with van der Waals surface area (Å²) in [6.07, 6.45) is 0. The van der Waals surface area contributed by atoms with Crippen LogP contribution in [0.25, 0.3) is 0 Å². The van der Waals surface area contributed by atoms with E-state index in [2.05, 4.69) is 5.32 Å². The summed E-state index contributed by atoms with van der Waals surface area (Å²) >= 11 is 0. The second-order valence-electron chi connectivity index (χ2n) is 1.70. The minimum absolute atomic E-state index is 0.125. The molecule has 0 aromatic carbocycles. The smallest absolute Gasteiger partial charge is 0.164 e. The van der Waals surface area contributed by atoms with Gasteiger partial charge in [-0.05, 0) is 0 Å². The molecule has 1 saturated heterocycles. The topological polar surface area (TPSA) is 55.1 Å². The van der Waals surface area contributed by atoms with Crippen molar-refractivity contribution in [2.75, 3.05) is 13.1 Å². The molecule has 0 unspecified atom stereocenters. The number of ketones is 1. The van der Waals surface area contributed by atoms with Crippen LogP contribution in [0, 0.1) is 0 Å². The van der Waals surface area contributed by atoms with Crippen molar-refractivity contribution in [3.05, 3.63) is 0 Å². The predicted molar refractivity (Wildman–Crippen MR) is 25.9 cm³/mol. The van der Waals surface area contributed by atoms with Gasteiger partial charge in [0, 0.05) is 6.54 Å². The highest BCUT2D eigenvalue weighted by Gasteiger charge is 2.18. The van der Waals surface area contributed by atoms with E-state index in [1.54, 1.807) is 0 Å². The molecular weight excluding hydrogens is 92.1 g/mol. The lowest BCUT2D eigenvalue weighted by molar-refractivity contribution is -0.117. The van der Waals surface area contributed by atoms with Crippen molar-refractivity contribution in [2.24, 2.45) is 5.73 Å². The van der Waals surface area contributed by atoms with Crippen LogP contribution < -0.4 is 11.1 Å². The molecule has 1 heterocycles. The normalized spacial score (nSPS) is 31.6. The second kappa shape index (κ2) is 1.60. The molecule has 0 amide bonds. The highest BCUT2D eigenvalue weighted by molar-refractivity contribution is 5.87. The van der Waals surface area contributed by atoms with Crippen LogP contribution in [-0.4, -0.2) is 24.9 Å². The molecule has 0 radical (unpaired) electrons. The molecule has 0 bridgehead atoms. The molecule has 3 N–H and O–H groups in total. The van der Waals surface area contributed by atoms with Crippen molar-refractivity contribution >= 4 is 5.78 Å². The number of carbonyl (C=O) groups excluding carboxylic acids is 1. The van der Waals surface area contributed by atoms with Crippen molar-refractivity contribution in [1.82, 2.24) is 5.32 Å². The first-order valence-corrected chi connectivity index (χ1v) is 2.30. The Morgan fingerprint density at radius 3 is 2.71 bits per heavy atom. The fraction of sp³-hybridized carbons (Fsp3) is 0.750. The number of rotatable bonds is 0. The van der Waals surface area contributed by atoms with Gasteiger partial charge in [-0.1, -0.05) is 0 Å². The number of nitrogens with one attached hydrogen (secondary N) is 1. The van der Waals surface area contributed by atoms with Crippen LogP contribution >= 0.6 is 0 Å². The Labute approximate surface area is 41.9 Å². The van der Waals surface area contributed by atoms with Gasteiger partial charge in [-0.25, -0.2) is 0 Å². The summed E-state index contributed by atoms with van der Waals surface area (Å²) in [5, 5.41) is 2.85. The van der Waals surface area contributed by atoms with Gasteiger partial charge in [0.25, 0.3) is 0 Å². The van der Waals surface area contributed by atoms with Crippen molar-refractivity contribution in [3.63, 3.8) is 0 Å². The largest absolute Gasteiger partial charge is 0.320 e. The van der Waals surface area contributed by atoms with Gasteiger partial charge < -0.3 is 11.1 Å². The molecular formula is C4H8N2O. The molecule has 3 heteroatoms. The maximum absolute atomic E-state index is 10.4. The maximum atomic E-state index is 10.4. The Balaban J connectivity index is 2.48. The van der Waals surface area contributed by atoms with Gasteiger partial charge >= 0.3 is 0 Å². The molecule has 1 fully saturated rings. The van der Waals surface area contributed by atoms with Crippen LogP contribution in [0.2, 0.25) is 0 Å². The Kier molecular flexibility index (Phi) is 1.08. The Morgan fingerprint density at radius 2 is 2.57 bits per heavy atom. The zero-order chi connectivity index (χ0) is 5.28. The van der Waals surface area contributed by atoms with E-state index >= 15 is 0 Å². The van der Waals surface area contributed by atoms with Gasteiger partial charge in [0.15, 0.2) is 5.78 Å². The molecule has 3 nitrogen and oxygen atoms in total. The third-order valence-electron chi connectivity index (χ3n) is 1.08. The monoisotopic (exact) mass is 100 g/mol. The number of nitrogens with two attached hydrogens (primary N) is 1. The standard InChI is InChI=1S/C4H8N2O/c5-3-1-6-2-4(3)7/h3,6H,1-2,5H2/t3-/m1/s1. The third-order valence-corrected chi connectivity index (χ3v) is 1.08. The zero-order valence-corrected chi connectivity index (χ0v) is 3.98. The lowest BCUT2D eigenvalue weighted by Gasteiger charge is -1.91. The second-order valence-corrected chi connectivity index (χ2v) is 1.70. The summed E-state index contributed by atoms with van der Waals surface area (Å²) in [7, 11) is 0. The van der Waals surface area contributed by atoms with Crippen LogP contribution in [-0.2, 0) is 4.79 Å². The van der Waals surface area contributed by atoms with Crippen LogP contribution in [0.5, 0.6) is 0 Å².